The summed E-state index contributed by atoms with van der Waals surface area (Å²) in [6.45, 7) is 1.24. The highest BCUT2D eigenvalue weighted by Crippen LogP contribution is 2.33. The number of imide groups is 1. The number of amides is 4. The van der Waals surface area contributed by atoms with Crippen molar-refractivity contribution in [2.24, 2.45) is 5.73 Å². The van der Waals surface area contributed by atoms with Gasteiger partial charge in [-0.2, -0.15) is 9.61 Å². The molecule has 11 nitrogen and oxygen atoms in total. The van der Waals surface area contributed by atoms with Crippen molar-refractivity contribution in [2.75, 3.05) is 18.4 Å². The van der Waals surface area contributed by atoms with Crippen LogP contribution in [0.25, 0.3) is 22.3 Å². The van der Waals surface area contributed by atoms with E-state index in [4.69, 9.17) is 10.7 Å². The quantitative estimate of drug-likeness (QED) is 0.320. The molecule has 0 bridgehead atoms. The first-order valence-electron chi connectivity index (χ1n) is 11.1. The van der Waals surface area contributed by atoms with Gasteiger partial charge in [0.25, 0.3) is 11.8 Å². The summed E-state index contributed by atoms with van der Waals surface area (Å²) < 4.78 is 1.69. The van der Waals surface area contributed by atoms with Gasteiger partial charge < -0.3 is 21.3 Å². The van der Waals surface area contributed by atoms with E-state index in [9.17, 15) is 14.4 Å². The van der Waals surface area contributed by atoms with Gasteiger partial charge in [-0.25, -0.2) is 9.78 Å². The molecule has 0 radical (unpaired) electrons. The van der Waals surface area contributed by atoms with E-state index in [-0.39, 0.29) is 17.6 Å². The average molecular weight is 479 g/mol. The average Bonchev–Trinajstić information content (AvgIpc) is 3.18. The Morgan fingerprint density at radius 2 is 2.09 bits per heavy atom. The molecule has 2 saturated heterocycles. The Labute approximate surface area is 198 Å². The summed E-state index contributed by atoms with van der Waals surface area (Å²) in [5.74, 6) is 0.262. The fraction of sp³-hybridized carbons (Fsp3) is 0.318. The SMILES string of the molecule is NC1CCN(C(=O)c2ccc(-c3cc(NC4CC4)n4ncc(/C=C5\NC(=O)NC5=O)c4n3)s2)C1. The zero-order valence-electron chi connectivity index (χ0n) is 18.1. The summed E-state index contributed by atoms with van der Waals surface area (Å²) in [4.78, 5) is 44.4. The lowest BCUT2D eigenvalue weighted by atomic mass is 10.2. The van der Waals surface area contributed by atoms with Crippen LogP contribution in [0.5, 0.6) is 0 Å². The second-order valence-corrected chi connectivity index (χ2v) is 9.79. The number of fused-ring (bicyclic) bond motifs is 1. The molecule has 5 heterocycles. The van der Waals surface area contributed by atoms with Gasteiger partial charge in [0.05, 0.1) is 21.6 Å². The number of aromatic nitrogens is 3. The van der Waals surface area contributed by atoms with Crippen LogP contribution in [0.1, 0.15) is 34.5 Å². The highest BCUT2D eigenvalue weighted by atomic mass is 32.1. The zero-order valence-corrected chi connectivity index (χ0v) is 18.9. The molecule has 0 spiro atoms. The lowest BCUT2D eigenvalue weighted by Crippen LogP contribution is -2.31. The Hall–Kier alpha value is -3.77. The van der Waals surface area contributed by atoms with Gasteiger partial charge in [0.1, 0.15) is 11.5 Å². The molecule has 3 fully saturated rings. The molecule has 174 valence electrons. The van der Waals surface area contributed by atoms with Crippen LogP contribution in [0.4, 0.5) is 10.6 Å². The molecule has 5 N–H and O–H groups in total. The number of nitrogens with one attached hydrogen (secondary N) is 3. The summed E-state index contributed by atoms with van der Waals surface area (Å²) in [7, 11) is 0. The van der Waals surface area contributed by atoms with Crippen LogP contribution in [0.2, 0.25) is 0 Å². The number of nitrogens with zero attached hydrogens (tertiary/aromatic N) is 4. The van der Waals surface area contributed by atoms with Gasteiger partial charge in [-0.05, 0) is 37.5 Å². The fourth-order valence-corrected chi connectivity index (χ4v) is 5.04. The molecule has 1 atom stereocenters. The Bertz CT molecular complexity index is 1370. The standard InChI is InChI=1S/C22H22N8O3S/c23-12-5-6-29(10-12)21(32)17-4-3-16(34-17)14-8-18(25-13-1-2-13)30-19(26-14)11(9-24-30)7-15-20(31)28-22(33)27-15/h3-4,7-9,12-13,25H,1-2,5-6,10,23H2,(H2,27,28,31,33)/b15-7-. The normalized spacial score (nSPS) is 21.4. The van der Waals surface area contributed by atoms with Crippen molar-refractivity contribution < 1.29 is 14.4 Å². The van der Waals surface area contributed by atoms with Crippen molar-refractivity contribution in [1.29, 1.82) is 0 Å². The second-order valence-electron chi connectivity index (χ2n) is 8.71. The first-order chi connectivity index (χ1) is 16.4. The number of nitrogens with two attached hydrogens (primary N) is 1. The number of urea groups is 1. The summed E-state index contributed by atoms with van der Waals surface area (Å²) in [6.07, 6.45) is 6.14. The third-order valence-corrected chi connectivity index (χ3v) is 7.13. The maximum atomic E-state index is 12.9. The Balaban J connectivity index is 1.38. The van der Waals surface area contributed by atoms with E-state index >= 15 is 0 Å². The van der Waals surface area contributed by atoms with Crippen LogP contribution in [0.15, 0.2) is 30.1 Å². The fourth-order valence-electron chi connectivity index (χ4n) is 4.10. The molecular formula is C22H22N8O3S. The van der Waals surface area contributed by atoms with Crippen LogP contribution in [0, 0.1) is 0 Å². The van der Waals surface area contributed by atoms with Crippen molar-refractivity contribution >= 4 is 46.7 Å². The van der Waals surface area contributed by atoms with Crippen LogP contribution in [-0.2, 0) is 4.79 Å². The Kier molecular flexibility index (Phi) is 4.85. The second kappa shape index (κ2) is 7.92. The Morgan fingerprint density at radius 3 is 2.79 bits per heavy atom. The lowest BCUT2D eigenvalue weighted by Gasteiger charge is -2.14. The van der Waals surface area contributed by atoms with Gasteiger partial charge in [-0.1, -0.05) is 0 Å². The summed E-state index contributed by atoms with van der Waals surface area (Å²) in [5.41, 5.74) is 7.92. The molecule has 3 aliphatic rings. The highest BCUT2D eigenvalue weighted by molar-refractivity contribution is 7.17. The third-order valence-electron chi connectivity index (χ3n) is 6.03. The van der Waals surface area contributed by atoms with Crippen molar-refractivity contribution in [2.45, 2.75) is 31.3 Å². The Morgan fingerprint density at radius 1 is 1.24 bits per heavy atom. The van der Waals surface area contributed by atoms with Crippen molar-refractivity contribution in [3.8, 4) is 10.6 Å². The first kappa shape index (κ1) is 20.8. The minimum absolute atomic E-state index is 0.0145. The first-order valence-corrected chi connectivity index (χ1v) is 11.9. The van der Waals surface area contributed by atoms with Crippen LogP contribution >= 0.6 is 11.3 Å². The number of hydrogen-bond acceptors (Lipinski definition) is 8. The molecule has 3 aromatic heterocycles. The number of carbonyl (C=O) groups is 3. The molecule has 2 aliphatic heterocycles. The van der Waals surface area contributed by atoms with Crippen LogP contribution in [0.3, 0.4) is 0 Å². The van der Waals surface area contributed by atoms with E-state index in [0.29, 0.717) is 40.9 Å². The van der Waals surface area contributed by atoms with Gasteiger partial charge in [0, 0.05) is 36.8 Å². The smallest absolute Gasteiger partial charge is 0.326 e. The largest absolute Gasteiger partial charge is 0.367 e. The molecule has 4 amide bonds. The van der Waals surface area contributed by atoms with E-state index < -0.39 is 11.9 Å². The van der Waals surface area contributed by atoms with E-state index in [0.717, 1.165) is 30.0 Å². The van der Waals surface area contributed by atoms with Crippen molar-refractivity contribution in [1.82, 2.24) is 30.1 Å². The minimum atomic E-state index is -0.563. The topological polar surface area (TPSA) is 147 Å². The maximum Gasteiger partial charge on any atom is 0.326 e. The molecule has 1 saturated carbocycles. The molecule has 0 aromatic carbocycles. The number of carbonyl (C=O) groups excluding carboxylic acids is 3. The monoisotopic (exact) mass is 478 g/mol. The summed E-state index contributed by atoms with van der Waals surface area (Å²) in [6, 6.07) is 5.49. The van der Waals surface area contributed by atoms with Gasteiger partial charge in [-0.3, -0.25) is 14.9 Å². The van der Waals surface area contributed by atoms with Crippen molar-refractivity contribution in [3.63, 3.8) is 0 Å². The minimum Gasteiger partial charge on any atom is -0.367 e. The number of likely N-dealkylation sites (tertiary alicyclic amines) is 1. The lowest BCUT2D eigenvalue weighted by molar-refractivity contribution is -0.115. The van der Waals surface area contributed by atoms with E-state index in [1.54, 1.807) is 21.7 Å². The van der Waals surface area contributed by atoms with Gasteiger partial charge in [0.15, 0.2) is 5.65 Å². The summed E-state index contributed by atoms with van der Waals surface area (Å²) in [5, 5.41) is 12.6. The predicted molar refractivity (Wildman–Crippen MR) is 126 cm³/mol. The number of hydrogen-bond donors (Lipinski definition) is 4. The van der Waals surface area contributed by atoms with E-state index in [2.05, 4.69) is 21.0 Å². The van der Waals surface area contributed by atoms with E-state index in [1.165, 1.54) is 11.3 Å². The zero-order chi connectivity index (χ0) is 23.4. The molecular weight excluding hydrogens is 456 g/mol. The van der Waals surface area contributed by atoms with Crippen LogP contribution < -0.4 is 21.7 Å². The molecule has 34 heavy (non-hydrogen) atoms. The highest BCUT2D eigenvalue weighted by Gasteiger charge is 2.27. The number of rotatable bonds is 5. The van der Waals surface area contributed by atoms with Gasteiger partial charge in [-0.15, -0.1) is 11.3 Å². The molecule has 1 aliphatic carbocycles. The number of anilines is 1. The predicted octanol–water partition coefficient (Wildman–Crippen LogP) is 1.39. The summed E-state index contributed by atoms with van der Waals surface area (Å²) >= 11 is 1.39. The van der Waals surface area contributed by atoms with Gasteiger partial charge >= 0.3 is 6.03 Å². The number of thiophene rings is 1. The maximum absolute atomic E-state index is 12.9. The van der Waals surface area contributed by atoms with Crippen molar-refractivity contribution in [3.05, 3.63) is 40.5 Å². The molecule has 6 rings (SSSR count). The van der Waals surface area contributed by atoms with Crippen LogP contribution in [-0.4, -0.2) is 62.5 Å². The molecule has 12 heteroatoms. The third kappa shape index (κ3) is 3.80. The van der Waals surface area contributed by atoms with Gasteiger partial charge in [0.2, 0.25) is 0 Å². The molecule has 1 unspecified atom stereocenters. The molecule has 3 aromatic rings. The van der Waals surface area contributed by atoms with E-state index in [1.807, 2.05) is 18.2 Å².